The zero-order valence-corrected chi connectivity index (χ0v) is 9.31. The van der Waals surface area contributed by atoms with Crippen LogP contribution < -0.4 is 11.1 Å². The standard InChI is InChI=1S/C11H14FN5/c12-10-8-9(13)2-3-11(10)14-4-1-6-17-7-5-15-16-17/h2-3,5,7-8,14H,1,4,6,13H2. The van der Waals surface area contributed by atoms with E-state index >= 15 is 0 Å². The molecule has 3 N–H and O–H groups in total. The third-order valence-corrected chi connectivity index (χ3v) is 2.34. The van der Waals surface area contributed by atoms with E-state index in [1.807, 2.05) is 0 Å². The summed E-state index contributed by atoms with van der Waals surface area (Å²) in [6, 6.07) is 4.61. The van der Waals surface area contributed by atoms with E-state index in [-0.39, 0.29) is 5.82 Å². The van der Waals surface area contributed by atoms with Crippen LogP contribution in [-0.2, 0) is 6.54 Å². The second-order valence-electron chi connectivity index (χ2n) is 3.69. The predicted molar refractivity (Wildman–Crippen MR) is 63.9 cm³/mol. The lowest BCUT2D eigenvalue weighted by Crippen LogP contribution is -2.08. The summed E-state index contributed by atoms with van der Waals surface area (Å²) in [5.41, 5.74) is 6.36. The van der Waals surface area contributed by atoms with Gasteiger partial charge >= 0.3 is 0 Å². The molecule has 5 nitrogen and oxygen atoms in total. The van der Waals surface area contributed by atoms with Gasteiger partial charge in [0.2, 0.25) is 0 Å². The minimum Gasteiger partial charge on any atom is -0.399 e. The number of hydrogen-bond donors (Lipinski definition) is 2. The fraction of sp³-hybridized carbons (Fsp3) is 0.273. The molecule has 0 spiro atoms. The van der Waals surface area contributed by atoms with Gasteiger partial charge in [-0.3, -0.25) is 4.68 Å². The van der Waals surface area contributed by atoms with Crippen LogP contribution in [0.3, 0.4) is 0 Å². The lowest BCUT2D eigenvalue weighted by molar-refractivity contribution is 0.568. The molecule has 0 atom stereocenters. The molecule has 2 aromatic rings. The topological polar surface area (TPSA) is 68.8 Å². The molecule has 0 aliphatic rings. The van der Waals surface area contributed by atoms with Crippen molar-refractivity contribution in [3.05, 3.63) is 36.4 Å². The molecule has 0 bridgehead atoms. The first-order valence-electron chi connectivity index (χ1n) is 5.39. The minimum absolute atomic E-state index is 0.328. The molecule has 0 aliphatic heterocycles. The molecule has 0 radical (unpaired) electrons. The van der Waals surface area contributed by atoms with Crippen molar-refractivity contribution in [1.29, 1.82) is 0 Å². The highest BCUT2D eigenvalue weighted by atomic mass is 19.1. The van der Waals surface area contributed by atoms with Gasteiger partial charge in [-0.05, 0) is 24.6 Å². The van der Waals surface area contributed by atoms with Gasteiger partial charge in [-0.2, -0.15) is 0 Å². The Bertz CT molecular complexity index is 469. The molecule has 17 heavy (non-hydrogen) atoms. The van der Waals surface area contributed by atoms with Crippen LogP contribution in [0.1, 0.15) is 6.42 Å². The number of benzene rings is 1. The van der Waals surface area contributed by atoms with E-state index in [0.717, 1.165) is 13.0 Å². The number of nitrogens with zero attached hydrogens (tertiary/aromatic N) is 3. The number of aromatic nitrogens is 3. The van der Waals surface area contributed by atoms with Crippen LogP contribution in [0.5, 0.6) is 0 Å². The van der Waals surface area contributed by atoms with E-state index in [0.29, 0.717) is 17.9 Å². The van der Waals surface area contributed by atoms with Gasteiger partial charge in [-0.25, -0.2) is 4.39 Å². The van der Waals surface area contributed by atoms with E-state index in [2.05, 4.69) is 15.6 Å². The molecule has 0 aliphatic carbocycles. The number of aryl methyl sites for hydroxylation is 1. The third-order valence-electron chi connectivity index (χ3n) is 2.34. The average molecular weight is 235 g/mol. The van der Waals surface area contributed by atoms with Crippen molar-refractivity contribution < 1.29 is 4.39 Å². The number of anilines is 2. The van der Waals surface area contributed by atoms with Crippen LogP contribution >= 0.6 is 0 Å². The van der Waals surface area contributed by atoms with Crippen LogP contribution in [0, 0.1) is 5.82 Å². The summed E-state index contributed by atoms with van der Waals surface area (Å²) < 4.78 is 15.1. The Balaban J connectivity index is 1.78. The van der Waals surface area contributed by atoms with Gasteiger partial charge in [0.25, 0.3) is 0 Å². The van der Waals surface area contributed by atoms with Gasteiger partial charge in [0.05, 0.1) is 11.9 Å². The molecule has 0 fully saturated rings. The largest absolute Gasteiger partial charge is 0.399 e. The summed E-state index contributed by atoms with van der Waals surface area (Å²) >= 11 is 0. The van der Waals surface area contributed by atoms with Crippen molar-refractivity contribution in [3.63, 3.8) is 0 Å². The van der Waals surface area contributed by atoms with Crippen LogP contribution in [0.4, 0.5) is 15.8 Å². The summed E-state index contributed by atoms with van der Waals surface area (Å²) in [6.45, 7) is 1.42. The first-order valence-corrected chi connectivity index (χ1v) is 5.39. The number of halogens is 1. The van der Waals surface area contributed by atoms with Crippen molar-refractivity contribution in [2.75, 3.05) is 17.6 Å². The maximum absolute atomic E-state index is 13.4. The highest BCUT2D eigenvalue weighted by Crippen LogP contribution is 2.16. The van der Waals surface area contributed by atoms with Crippen molar-refractivity contribution in [3.8, 4) is 0 Å². The highest BCUT2D eigenvalue weighted by molar-refractivity contribution is 5.52. The van der Waals surface area contributed by atoms with Crippen LogP contribution in [0.25, 0.3) is 0 Å². The number of nitrogens with one attached hydrogen (secondary N) is 1. The molecule has 0 unspecified atom stereocenters. The fourth-order valence-electron chi connectivity index (χ4n) is 1.49. The van der Waals surface area contributed by atoms with Gasteiger partial charge in [0.1, 0.15) is 5.82 Å². The Hall–Kier alpha value is -2.11. The van der Waals surface area contributed by atoms with Gasteiger partial charge in [0, 0.05) is 25.0 Å². The second kappa shape index (κ2) is 5.29. The quantitative estimate of drug-likeness (QED) is 0.608. The van der Waals surface area contributed by atoms with E-state index in [9.17, 15) is 4.39 Å². The maximum Gasteiger partial charge on any atom is 0.148 e. The maximum atomic E-state index is 13.4. The Labute approximate surface area is 98.4 Å². The summed E-state index contributed by atoms with van der Waals surface area (Å²) in [5.74, 6) is -0.328. The lowest BCUT2D eigenvalue weighted by atomic mass is 10.2. The molecule has 1 aromatic heterocycles. The first kappa shape index (κ1) is 11.4. The molecule has 2 rings (SSSR count). The Morgan fingerprint density at radius 2 is 2.29 bits per heavy atom. The Morgan fingerprint density at radius 3 is 3.00 bits per heavy atom. The summed E-state index contributed by atoms with van der Waals surface area (Å²) in [7, 11) is 0. The highest BCUT2D eigenvalue weighted by Gasteiger charge is 2.01. The first-order chi connectivity index (χ1) is 8.25. The van der Waals surface area contributed by atoms with Gasteiger partial charge in [0.15, 0.2) is 0 Å². The number of nitrogen functional groups attached to an aromatic ring is 1. The molecule has 90 valence electrons. The van der Waals surface area contributed by atoms with Crippen LogP contribution in [0.2, 0.25) is 0 Å². The molecule has 0 amide bonds. The zero-order chi connectivity index (χ0) is 12.1. The molecular weight excluding hydrogens is 221 g/mol. The predicted octanol–water partition coefficient (Wildman–Crippen LogP) is 1.50. The molecule has 0 saturated carbocycles. The van der Waals surface area contributed by atoms with Crippen molar-refractivity contribution in [1.82, 2.24) is 15.0 Å². The number of rotatable bonds is 5. The monoisotopic (exact) mass is 235 g/mol. The van der Waals surface area contributed by atoms with Crippen molar-refractivity contribution in [2.24, 2.45) is 0 Å². The zero-order valence-electron chi connectivity index (χ0n) is 9.31. The molecule has 0 saturated heterocycles. The van der Waals surface area contributed by atoms with Crippen molar-refractivity contribution in [2.45, 2.75) is 13.0 Å². The van der Waals surface area contributed by atoms with Gasteiger partial charge in [-0.15, -0.1) is 5.10 Å². The Kier molecular flexibility index (Phi) is 3.54. The Morgan fingerprint density at radius 1 is 1.41 bits per heavy atom. The van der Waals surface area contributed by atoms with Crippen molar-refractivity contribution >= 4 is 11.4 Å². The average Bonchev–Trinajstić information content (AvgIpc) is 2.79. The van der Waals surface area contributed by atoms with Gasteiger partial charge in [-0.1, -0.05) is 5.21 Å². The SMILES string of the molecule is Nc1ccc(NCCCn2ccnn2)c(F)c1. The van der Waals surface area contributed by atoms with E-state index in [4.69, 9.17) is 5.73 Å². The van der Waals surface area contributed by atoms with E-state index in [1.165, 1.54) is 6.07 Å². The minimum atomic E-state index is -0.328. The fourth-order valence-corrected chi connectivity index (χ4v) is 1.49. The lowest BCUT2D eigenvalue weighted by Gasteiger charge is -2.07. The molecule has 6 heteroatoms. The van der Waals surface area contributed by atoms with E-state index in [1.54, 1.807) is 29.2 Å². The van der Waals surface area contributed by atoms with Crippen LogP contribution in [0.15, 0.2) is 30.6 Å². The van der Waals surface area contributed by atoms with Crippen LogP contribution in [-0.4, -0.2) is 21.5 Å². The van der Waals surface area contributed by atoms with Gasteiger partial charge < -0.3 is 11.1 Å². The summed E-state index contributed by atoms with van der Waals surface area (Å²) in [5, 5.41) is 10.6. The molecule has 1 aromatic carbocycles. The normalized spacial score (nSPS) is 10.4. The third kappa shape index (κ3) is 3.17. The number of nitrogens with two attached hydrogens (primary N) is 1. The number of hydrogen-bond acceptors (Lipinski definition) is 4. The summed E-state index contributed by atoms with van der Waals surface area (Å²) in [6.07, 6.45) is 4.27. The molecule has 1 heterocycles. The second-order valence-corrected chi connectivity index (χ2v) is 3.69. The molecular formula is C11H14FN5. The summed E-state index contributed by atoms with van der Waals surface area (Å²) in [4.78, 5) is 0. The smallest absolute Gasteiger partial charge is 0.148 e. The van der Waals surface area contributed by atoms with E-state index < -0.39 is 0 Å².